The SMILES string of the molecule is COc1ccc(Cl)cc1CN(C)C(=O)c1ccc([C@@H]2CCCNC2)cc1. The number of piperidine rings is 1. The quantitative estimate of drug-likeness (QED) is 0.859. The van der Waals surface area contributed by atoms with Gasteiger partial charge >= 0.3 is 0 Å². The van der Waals surface area contributed by atoms with Crippen molar-refractivity contribution >= 4 is 17.5 Å². The van der Waals surface area contributed by atoms with Gasteiger partial charge < -0.3 is 15.0 Å². The predicted octanol–water partition coefficient (Wildman–Crippen LogP) is 4.09. The summed E-state index contributed by atoms with van der Waals surface area (Å²) in [5.41, 5.74) is 2.88. The lowest BCUT2D eigenvalue weighted by Crippen LogP contribution is -2.28. The van der Waals surface area contributed by atoms with Crippen LogP contribution in [0.15, 0.2) is 42.5 Å². The molecule has 138 valence electrons. The summed E-state index contributed by atoms with van der Waals surface area (Å²) in [5.74, 6) is 1.26. The number of halogens is 1. The molecule has 2 aromatic rings. The van der Waals surface area contributed by atoms with Gasteiger partial charge in [0.05, 0.1) is 7.11 Å². The van der Waals surface area contributed by atoms with Gasteiger partial charge in [-0.3, -0.25) is 4.79 Å². The molecule has 1 N–H and O–H groups in total. The Morgan fingerprint density at radius 1 is 1.27 bits per heavy atom. The van der Waals surface area contributed by atoms with Gasteiger partial charge in [0, 0.05) is 36.3 Å². The summed E-state index contributed by atoms with van der Waals surface area (Å²) in [6, 6.07) is 13.5. The molecule has 1 atom stereocenters. The average molecular weight is 373 g/mol. The number of nitrogens with one attached hydrogen (secondary N) is 1. The number of benzene rings is 2. The lowest BCUT2D eigenvalue weighted by molar-refractivity contribution is 0.0784. The Morgan fingerprint density at radius 3 is 2.69 bits per heavy atom. The summed E-state index contributed by atoms with van der Waals surface area (Å²) in [4.78, 5) is 14.4. The summed E-state index contributed by atoms with van der Waals surface area (Å²) in [7, 11) is 3.41. The topological polar surface area (TPSA) is 41.6 Å². The van der Waals surface area contributed by atoms with Gasteiger partial charge in [0.15, 0.2) is 0 Å². The highest BCUT2D eigenvalue weighted by Crippen LogP contribution is 2.25. The molecule has 1 aliphatic rings. The summed E-state index contributed by atoms with van der Waals surface area (Å²) < 4.78 is 5.37. The van der Waals surface area contributed by atoms with E-state index < -0.39 is 0 Å². The number of nitrogens with zero attached hydrogens (tertiary/aromatic N) is 1. The smallest absolute Gasteiger partial charge is 0.253 e. The third-order valence-corrected chi connectivity index (χ3v) is 5.16. The molecular formula is C21H25ClN2O2. The number of hydrogen-bond acceptors (Lipinski definition) is 3. The lowest BCUT2D eigenvalue weighted by atomic mass is 9.91. The maximum absolute atomic E-state index is 12.8. The van der Waals surface area contributed by atoms with E-state index >= 15 is 0 Å². The minimum atomic E-state index is -0.0136. The van der Waals surface area contributed by atoms with Gasteiger partial charge in [-0.1, -0.05) is 23.7 Å². The minimum Gasteiger partial charge on any atom is -0.496 e. The molecule has 0 aromatic heterocycles. The first-order chi connectivity index (χ1) is 12.6. The molecule has 5 heteroatoms. The Labute approximate surface area is 160 Å². The van der Waals surface area contributed by atoms with E-state index in [1.165, 1.54) is 18.4 Å². The van der Waals surface area contributed by atoms with Gasteiger partial charge in [-0.15, -0.1) is 0 Å². The Balaban J connectivity index is 1.69. The maximum Gasteiger partial charge on any atom is 0.253 e. The zero-order valence-electron chi connectivity index (χ0n) is 15.3. The maximum atomic E-state index is 12.8. The van der Waals surface area contributed by atoms with Gasteiger partial charge in [-0.05, 0) is 61.2 Å². The highest BCUT2D eigenvalue weighted by molar-refractivity contribution is 6.30. The highest BCUT2D eigenvalue weighted by atomic mass is 35.5. The van der Waals surface area contributed by atoms with Crippen molar-refractivity contribution in [1.82, 2.24) is 10.2 Å². The van der Waals surface area contributed by atoms with Crippen LogP contribution in [0.25, 0.3) is 0 Å². The number of carbonyl (C=O) groups is 1. The largest absolute Gasteiger partial charge is 0.496 e. The van der Waals surface area contributed by atoms with E-state index in [1.54, 1.807) is 25.1 Å². The summed E-state index contributed by atoms with van der Waals surface area (Å²) >= 11 is 6.08. The van der Waals surface area contributed by atoms with Gasteiger partial charge in [0.1, 0.15) is 5.75 Å². The summed E-state index contributed by atoms with van der Waals surface area (Å²) in [6.45, 7) is 2.56. The Bertz CT molecular complexity index is 755. The van der Waals surface area contributed by atoms with Crippen LogP contribution in [0.1, 0.15) is 40.2 Å². The molecule has 0 saturated carbocycles. The van der Waals surface area contributed by atoms with Gasteiger partial charge in [0.25, 0.3) is 5.91 Å². The van der Waals surface area contributed by atoms with Crippen LogP contribution in [-0.2, 0) is 6.54 Å². The molecule has 0 aliphatic carbocycles. The van der Waals surface area contributed by atoms with E-state index in [-0.39, 0.29) is 5.91 Å². The number of rotatable bonds is 5. The van der Waals surface area contributed by atoms with E-state index in [1.807, 2.05) is 24.3 Å². The number of amides is 1. The van der Waals surface area contributed by atoms with Crippen molar-refractivity contribution in [3.8, 4) is 5.75 Å². The van der Waals surface area contributed by atoms with Crippen LogP contribution in [0, 0.1) is 0 Å². The zero-order chi connectivity index (χ0) is 18.5. The van der Waals surface area contributed by atoms with Crippen LogP contribution in [0.3, 0.4) is 0 Å². The van der Waals surface area contributed by atoms with Crippen molar-refractivity contribution in [3.63, 3.8) is 0 Å². The Hall–Kier alpha value is -2.04. The second kappa shape index (κ2) is 8.56. The highest BCUT2D eigenvalue weighted by Gasteiger charge is 2.17. The number of ether oxygens (including phenoxy) is 1. The first-order valence-corrected chi connectivity index (χ1v) is 9.35. The van der Waals surface area contributed by atoms with Crippen molar-refractivity contribution in [1.29, 1.82) is 0 Å². The third kappa shape index (κ3) is 4.37. The van der Waals surface area contributed by atoms with Crippen molar-refractivity contribution in [2.75, 3.05) is 27.2 Å². The second-order valence-electron chi connectivity index (χ2n) is 6.78. The third-order valence-electron chi connectivity index (χ3n) is 4.92. The van der Waals surface area contributed by atoms with Gasteiger partial charge in [-0.25, -0.2) is 0 Å². The van der Waals surface area contributed by atoms with Crippen LogP contribution in [-0.4, -0.2) is 38.1 Å². The van der Waals surface area contributed by atoms with Crippen molar-refractivity contribution in [2.24, 2.45) is 0 Å². The van der Waals surface area contributed by atoms with E-state index in [0.717, 1.165) is 24.4 Å². The predicted molar refractivity (Wildman–Crippen MR) is 105 cm³/mol. The fourth-order valence-corrected chi connectivity index (χ4v) is 3.65. The van der Waals surface area contributed by atoms with Crippen LogP contribution >= 0.6 is 11.6 Å². The molecule has 0 bridgehead atoms. The number of carbonyl (C=O) groups excluding carboxylic acids is 1. The normalized spacial score (nSPS) is 17.0. The number of hydrogen-bond donors (Lipinski definition) is 1. The Kier molecular flexibility index (Phi) is 6.17. The molecule has 0 radical (unpaired) electrons. The fraction of sp³-hybridized carbons (Fsp3) is 0.381. The van der Waals surface area contributed by atoms with Crippen molar-refractivity contribution in [2.45, 2.75) is 25.3 Å². The zero-order valence-corrected chi connectivity index (χ0v) is 16.1. The summed E-state index contributed by atoms with van der Waals surface area (Å²) in [6.07, 6.45) is 2.41. The minimum absolute atomic E-state index is 0.0136. The molecule has 4 nitrogen and oxygen atoms in total. The standard InChI is InChI=1S/C21H25ClN2O2/c1-24(14-18-12-19(22)9-10-20(18)26-2)21(25)16-7-5-15(6-8-16)17-4-3-11-23-13-17/h5-10,12,17,23H,3-4,11,13-14H2,1-2H3/t17-/m1/s1. The van der Waals surface area contributed by atoms with E-state index in [2.05, 4.69) is 17.4 Å². The molecule has 2 aromatic carbocycles. The Morgan fingerprint density at radius 2 is 2.04 bits per heavy atom. The average Bonchev–Trinajstić information content (AvgIpc) is 2.68. The van der Waals surface area contributed by atoms with Crippen LogP contribution < -0.4 is 10.1 Å². The molecule has 3 rings (SSSR count). The molecule has 1 aliphatic heterocycles. The molecule has 1 fully saturated rings. The van der Waals surface area contributed by atoms with E-state index in [4.69, 9.17) is 16.3 Å². The first kappa shape index (κ1) is 18.7. The van der Waals surface area contributed by atoms with Crippen molar-refractivity contribution in [3.05, 3.63) is 64.2 Å². The fourth-order valence-electron chi connectivity index (χ4n) is 3.45. The van der Waals surface area contributed by atoms with Crippen LogP contribution in [0.2, 0.25) is 5.02 Å². The van der Waals surface area contributed by atoms with Gasteiger partial charge in [-0.2, -0.15) is 0 Å². The molecule has 0 spiro atoms. The van der Waals surface area contributed by atoms with Crippen LogP contribution in [0.5, 0.6) is 5.75 Å². The molecule has 0 unspecified atom stereocenters. The molecule has 1 amide bonds. The van der Waals surface area contributed by atoms with Gasteiger partial charge in [0.2, 0.25) is 0 Å². The second-order valence-corrected chi connectivity index (χ2v) is 7.22. The summed E-state index contributed by atoms with van der Waals surface area (Å²) in [5, 5.41) is 4.07. The lowest BCUT2D eigenvalue weighted by Gasteiger charge is -2.23. The van der Waals surface area contributed by atoms with Crippen molar-refractivity contribution < 1.29 is 9.53 Å². The van der Waals surface area contributed by atoms with Crippen LogP contribution in [0.4, 0.5) is 0 Å². The van der Waals surface area contributed by atoms with E-state index in [0.29, 0.717) is 23.0 Å². The first-order valence-electron chi connectivity index (χ1n) is 8.97. The molecule has 1 saturated heterocycles. The van der Waals surface area contributed by atoms with E-state index in [9.17, 15) is 4.79 Å². The monoisotopic (exact) mass is 372 g/mol. The molecular weight excluding hydrogens is 348 g/mol. The number of methoxy groups -OCH3 is 1. The molecule has 26 heavy (non-hydrogen) atoms. The molecule has 1 heterocycles.